The summed E-state index contributed by atoms with van der Waals surface area (Å²) in [6.07, 6.45) is 6.11. The number of hydrogen-bond acceptors (Lipinski definition) is 7. The standard InChI is InChI=1S/C33H51BFN5O6/c1-21(2)17-29(34-45-28-20-24-19-27(32(24,3)4)33(28,5)46-34)38-30(42)23(10-8-16-37-31(36)39-40(43)44)18-26(41)11-7-6-9-22-12-14-25(35)15-13-22/h12-15,21,23-24,27-29H,6-11,16-20H2,1-5H3,(H,38,42)(H3,36,37,39)/t23-,24+,27+,28-,29+,33+/m1/s1. The molecule has 3 saturated carbocycles. The fraction of sp³-hybridized carbons (Fsp3) is 0.727. The van der Waals surface area contributed by atoms with Crippen molar-refractivity contribution in [3.63, 3.8) is 0 Å². The Morgan fingerprint density at radius 3 is 2.54 bits per heavy atom. The highest BCUT2D eigenvalue weighted by Gasteiger charge is 2.68. The van der Waals surface area contributed by atoms with Crippen LogP contribution in [0.15, 0.2) is 29.3 Å². The third-order valence-electron chi connectivity index (χ3n) is 10.5. The van der Waals surface area contributed by atoms with Crippen molar-refractivity contribution < 1.29 is 28.3 Å². The molecule has 0 radical (unpaired) electrons. The van der Waals surface area contributed by atoms with Gasteiger partial charge in [-0.3, -0.25) is 9.59 Å². The summed E-state index contributed by atoms with van der Waals surface area (Å²) in [5.41, 5.74) is 8.16. The third kappa shape index (κ3) is 8.84. The molecule has 4 N–H and O–H groups in total. The molecular weight excluding hydrogens is 592 g/mol. The van der Waals surface area contributed by atoms with Crippen molar-refractivity contribution in [1.82, 2.24) is 10.7 Å². The maximum Gasteiger partial charge on any atom is 0.481 e. The van der Waals surface area contributed by atoms with Gasteiger partial charge in [0.15, 0.2) is 5.03 Å². The Kier molecular flexibility index (Phi) is 11.9. The van der Waals surface area contributed by atoms with Crippen molar-refractivity contribution in [2.24, 2.45) is 39.8 Å². The average molecular weight is 644 g/mol. The predicted octanol–water partition coefficient (Wildman–Crippen LogP) is 4.79. The van der Waals surface area contributed by atoms with Crippen LogP contribution in [0, 0.1) is 45.0 Å². The molecule has 5 rings (SSSR count). The summed E-state index contributed by atoms with van der Waals surface area (Å²) < 4.78 is 26.4. The number of carbonyl (C=O) groups is 2. The van der Waals surface area contributed by atoms with Crippen LogP contribution in [0.3, 0.4) is 0 Å². The van der Waals surface area contributed by atoms with Gasteiger partial charge < -0.3 is 20.4 Å². The van der Waals surface area contributed by atoms with Crippen molar-refractivity contribution in [2.45, 2.75) is 116 Å². The van der Waals surface area contributed by atoms with Crippen LogP contribution < -0.4 is 16.5 Å². The fourth-order valence-electron chi connectivity index (χ4n) is 7.79. The van der Waals surface area contributed by atoms with Crippen LogP contribution in [0.4, 0.5) is 4.39 Å². The number of Topliss-reactive ketones (excluding diaryl/α,β-unsaturated/α-hetero) is 1. The van der Waals surface area contributed by atoms with Gasteiger partial charge in [0.05, 0.1) is 17.6 Å². The molecule has 0 spiro atoms. The molecule has 6 atom stereocenters. The van der Waals surface area contributed by atoms with E-state index < -0.39 is 23.7 Å². The van der Waals surface area contributed by atoms with Gasteiger partial charge >= 0.3 is 7.12 Å². The SMILES string of the molecule is CC(C)C[C@H](NC(=O)[C@H](CCCN=C(N)N[N+](=O)[O-])CC(=O)CCCCc1ccc(F)cc1)B1O[C@@H]2C[C@@H]3C[C@@H](C3(C)C)[C@]2(C)O1. The van der Waals surface area contributed by atoms with E-state index in [1.54, 1.807) is 12.1 Å². The number of hydrogen-bond donors (Lipinski definition) is 3. The Morgan fingerprint density at radius 2 is 1.89 bits per heavy atom. The first-order chi connectivity index (χ1) is 21.7. The number of nitrogens with one attached hydrogen (secondary N) is 2. The zero-order chi connectivity index (χ0) is 33.6. The minimum atomic E-state index is -0.785. The summed E-state index contributed by atoms with van der Waals surface area (Å²) >= 11 is 0. The second kappa shape index (κ2) is 15.2. The number of rotatable bonds is 17. The van der Waals surface area contributed by atoms with Crippen LogP contribution in [0.25, 0.3) is 0 Å². The van der Waals surface area contributed by atoms with Gasteiger partial charge in [-0.15, -0.1) is 0 Å². The van der Waals surface area contributed by atoms with E-state index in [2.05, 4.69) is 44.9 Å². The molecule has 46 heavy (non-hydrogen) atoms. The molecule has 0 unspecified atom stereocenters. The number of ketones is 1. The first-order valence-corrected chi connectivity index (χ1v) is 16.8. The normalized spacial score (nSPS) is 26.2. The van der Waals surface area contributed by atoms with E-state index in [4.69, 9.17) is 15.0 Å². The molecule has 1 aliphatic heterocycles. The molecular formula is C33H51BFN5O6. The lowest BCUT2D eigenvalue weighted by Crippen LogP contribution is -2.65. The van der Waals surface area contributed by atoms with Crippen LogP contribution in [0.2, 0.25) is 0 Å². The number of nitrogens with two attached hydrogens (primary N) is 1. The zero-order valence-corrected chi connectivity index (χ0v) is 27.9. The van der Waals surface area contributed by atoms with E-state index in [1.807, 2.05) is 5.43 Å². The van der Waals surface area contributed by atoms with Gasteiger partial charge in [-0.2, -0.15) is 0 Å². The van der Waals surface area contributed by atoms with E-state index in [0.717, 1.165) is 31.2 Å². The number of unbranched alkanes of at least 4 members (excludes halogenated alkanes) is 1. The van der Waals surface area contributed by atoms with Crippen LogP contribution in [-0.2, 0) is 25.3 Å². The molecule has 4 aliphatic rings. The predicted molar refractivity (Wildman–Crippen MR) is 174 cm³/mol. The lowest BCUT2D eigenvalue weighted by atomic mass is 9.43. The average Bonchev–Trinajstić information content (AvgIpc) is 3.34. The first kappa shape index (κ1) is 35.8. The summed E-state index contributed by atoms with van der Waals surface area (Å²) in [4.78, 5) is 41.5. The highest BCUT2D eigenvalue weighted by molar-refractivity contribution is 6.47. The second-order valence-electron chi connectivity index (χ2n) is 14.6. The summed E-state index contributed by atoms with van der Waals surface area (Å²) in [6.45, 7) is 11.1. The molecule has 1 heterocycles. The molecule has 254 valence electrons. The van der Waals surface area contributed by atoms with Gasteiger partial charge in [0.25, 0.3) is 5.96 Å². The second-order valence-corrected chi connectivity index (χ2v) is 14.6. The molecule has 2 bridgehead atoms. The minimum Gasteiger partial charge on any atom is -0.404 e. The molecule has 11 nitrogen and oxygen atoms in total. The lowest BCUT2D eigenvalue weighted by Gasteiger charge is -2.64. The number of nitrogens with zero attached hydrogens (tertiary/aromatic N) is 2. The Morgan fingerprint density at radius 1 is 1.17 bits per heavy atom. The molecule has 1 aromatic rings. The van der Waals surface area contributed by atoms with Crippen LogP contribution >= 0.6 is 0 Å². The first-order valence-electron chi connectivity index (χ1n) is 16.8. The number of amides is 1. The van der Waals surface area contributed by atoms with Gasteiger partial charge in [0.1, 0.15) is 11.6 Å². The van der Waals surface area contributed by atoms with Crippen LogP contribution in [-0.4, -0.2) is 54.0 Å². The van der Waals surface area contributed by atoms with E-state index in [0.29, 0.717) is 43.9 Å². The van der Waals surface area contributed by atoms with Crippen molar-refractivity contribution in [3.05, 3.63) is 45.8 Å². The summed E-state index contributed by atoms with van der Waals surface area (Å²) in [7, 11) is -0.572. The number of halogens is 1. The van der Waals surface area contributed by atoms with Gasteiger partial charge in [-0.1, -0.05) is 45.3 Å². The third-order valence-corrected chi connectivity index (χ3v) is 10.5. The van der Waals surface area contributed by atoms with Crippen molar-refractivity contribution >= 4 is 24.8 Å². The topological polar surface area (TPSA) is 158 Å². The molecule has 1 aromatic carbocycles. The Labute approximate surface area is 272 Å². The highest BCUT2D eigenvalue weighted by atomic mass is 19.1. The van der Waals surface area contributed by atoms with Crippen molar-refractivity contribution in [2.75, 3.05) is 6.54 Å². The van der Waals surface area contributed by atoms with Gasteiger partial charge in [0.2, 0.25) is 5.91 Å². The number of aryl methyl sites for hydroxylation is 1. The number of guanidine groups is 1. The number of benzene rings is 1. The number of carbonyl (C=O) groups excluding carboxylic acids is 2. The molecule has 3 aliphatic carbocycles. The van der Waals surface area contributed by atoms with Crippen molar-refractivity contribution in [1.29, 1.82) is 0 Å². The summed E-state index contributed by atoms with van der Waals surface area (Å²) in [6, 6.07) is 6.36. The quantitative estimate of drug-likeness (QED) is 0.0546. The monoisotopic (exact) mass is 643 g/mol. The number of nitro groups is 1. The van der Waals surface area contributed by atoms with E-state index in [-0.39, 0.29) is 59.8 Å². The molecule has 4 fully saturated rings. The molecule has 1 amide bonds. The molecule has 1 saturated heterocycles. The van der Waals surface area contributed by atoms with Crippen LogP contribution in [0.5, 0.6) is 0 Å². The summed E-state index contributed by atoms with van der Waals surface area (Å²) in [5.74, 6) is -0.534. The molecule has 0 aromatic heterocycles. The van der Waals surface area contributed by atoms with Gasteiger partial charge in [-0.05, 0) is 99.2 Å². The largest absolute Gasteiger partial charge is 0.481 e. The van der Waals surface area contributed by atoms with Crippen LogP contribution in [0.1, 0.15) is 98.0 Å². The van der Waals surface area contributed by atoms with E-state index in [1.165, 1.54) is 12.1 Å². The molecule has 13 heteroatoms. The summed E-state index contributed by atoms with van der Waals surface area (Å²) in [5, 5.41) is 13.0. The number of aliphatic imine (C=N–C) groups is 1. The van der Waals surface area contributed by atoms with Gasteiger partial charge in [-0.25, -0.2) is 19.5 Å². The highest BCUT2D eigenvalue weighted by Crippen LogP contribution is 2.65. The van der Waals surface area contributed by atoms with Gasteiger partial charge in [0, 0.05) is 25.3 Å². The lowest BCUT2D eigenvalue weighted by molar-refractivity contribution is -0.525. The Bertz CT molecular complexity index is 1260. The van der Waals surface area contributed by atoms with E-state index >= 15 is 0 Å². The smallest absolute Gasteiger partial charge is 0.404 e. The number of hydrazine groups is 1. The zero-order valence-electron chi connectivity index (χ0n) is 27.9. The Balaban J connectivity index is 1.38. The maximum absolute atomic E-state index is 13.8. The maximum atomic E-state index is 13.8. The van der Waals surface area contributed by atoms with E-state index in [9.17, 15) is 24.1 Å². The van der Waals surface area contributed by atoms with Crippen molar-refractivity contribution in [3.8, 4) is 0 Å². The Hall–Kier alpha value is -3.06. The fourth-order valence-corrected chi connectivity index (χ4v) is 7.79. The minimum absolute atomic E-state index is 0.00778.